The maximum absolute atomic E-state index is 4.11. The predicted molar refractivity (Wildman–Crippen MR) is 113 cm³/mol. The van der Waals surface area contributed by atoms with E-state index in [9.17, 15) is 0 Å². The molecule has 0 saturated heterocycles. The van der Waals surface area contributed by atoms with Crippen LogP contribution in [0.5, 0.6) is 0 Å². The van der Waals surface area contributed by atoms with Crippen LogP contribution in [0, 0.1) is 0 Å². The summed E-state index contributed by atoms with van der Waals surface area (Å²) in [7, 11) is 0. The third-order valence-corrected chi connectivity index (χ3v) is 4.66. The molecule has 0 aliphatic carbocycles. The molecule has 0 unspecified atom stereocenters. The molecule has 0 bridgehead atoms. The number of rotatable bonds is 4. The van der Waals surface area contributed by atoms with E-state index in [1.165, 1.54) is 38.9 Å². The largest absolute Gasteiger partial charge is 0.0984 e. The molecule has 0 heteroatoms. The number of hydrogen-bond donors (Lipinski definition) is 0. The molecule has 0 nitrogen and oxygen atoms in total. The fraction of sp³-hybridized carbons (Fsp3) is 0. The molecule has 26 heavy (non-hydrogen) atoms. The molecule has 0 aliphatic rings. The second-order valence-electron chi connectivity index (χ2n) is 6.29. The SMILES string of the molecule is C=Cc1c(-c2ccccc2)cc(-c2ccccc2)cc1-c1ccccc1. The van der Waals surface area contributed by atoms with Gasteiger partial charge in [0, 0.05) is 0 Å². The first kappa shape index (κ1) is 16.1. The first-order chi connectivity index (χ1) is 12.9. The van der Waals surface area contributed by atoms with E-state index in [2.05, 4.69) is 110 Å². The van der Waals surface area contributed by atoms with Crippen molar-refractivity contribution in [3.8, 4) is 33.4 Å². The van der Waals surface area contributed by atoms with Gasteiger partial charge in [0.05, 0.1) is 0 Å². The van der Waals surface area contributed by atoms with Gasteiger partial charge in [-0.2, -0.15) is 0 Å². The topological polar surface area (TPSA) is 0 Å². The molecule has 0 heterocycles. The third-order valence-electron chi connectivity index (χ3n) is 4.66. The van der Waals surface area contributed by atoms with E-state index in [0.29, 0.717) is 0 Å². The molecule has 0 radical (unpaired) electrons. The molecule has 124 valence electrons. The van der Waals surface area contributed by atoms with E-state index < -0.39 is 0 Å². The Morgan fingerprint density at radius 3 is 1.23 bits per heavy atom. The minimum atomic E-state index is 1.17. The first-order valence-electron chi connectivity index (χ1n) is 8.83. The number of benzene rings is 4. The smallest absolute Gasteiger partial charge is 0.00992 e. The van der Waals surface area contributed by atoms with Crippen molar-refractivity contribution < 1.29 is 0 Å². The van der Waals surface area contributed by atoms with Crippen LogP contribution in [-0.2, 0) is 0 Å². The third kappa shape index (κ3) is 3.10. The van der Waals surface area contributed by atoms with Gasteiger partial charge in [0.25, 0.3) is 0 Å². The molecular weight excluding hydrogens is 312 g/mol. The lowest BCUT2D eigenvalue weighted by atomic mass is 9.88. The Hall–Kier alpha value is -3.38. The van der Waals surface area contributed by atoms with Crippen molar-refractivity contribution in [2.45, 2.75) is 0 Å². The maximum atomic E-state index is 4.11. The van der Waals surface area contributed by atoms with Crippen LogP contribution in [0.1, 0.15) is 5.56 Å². The second kappa shape index (κ2) is 7.25. The zero-order chi connectivity index (χ0) is 17.8. The Balaban J connectivity index is 2.03. The summed E-state index contributed by atoms with van der Waals surface area (Å²) >= 11 is 0. The summed E-state index contributed by atoms with van der Waals surface area (Å²) in [6.45, 7) is 4.11. The van der Waals surface area contributed by atoms with Crippen LogP contribution >= 0.6 is 0 Å². The lowest BCUT2D eigenvalue weighted by Gasteiger charge is -2.16. The summed E-state index contributed by atoms with van der Waals surface area (Å²) in [5.74, 6) is 0. The Labute approximate surface area is 155 Å². The molecule has 0 amide bonds. The van der Waals surface area contributed by atoms with Crippen LogP contribution in [-0.4, -0.2) is 0 Å². The van der Waals surface area contributed by atoms with Crippen molar-refractivity contribution in [3.63, 3.8) is 0 Å². The molecule has 0 aliphatic heterocycles. The monoisotopic (exact) mass is 332 g/mol. The normalized spacial score (nSPS) is 10.5. The highest BCUT2D eigenvalue weighted by Crippen LogP contribution is 2.37. The summed E-state index contributed by atoms with van der Waals surface area (Å²) in [6.07, 6.45) is 1.97. The van der Waals surface area contributed by atoms with Gasteiger partial charge in [-0.15, -0.1) is 0 Å². The molecule has 4 rings (SSSR count). The van der Waals surface area contributed by atoms with Crippen molar-refractivity contribution in [1.29, 1.82) is 0 Å². The summed E-state index contributed by atoms with van der Waals surface area (Å²) in [6, 6.07) is 36.2. The summed E-state index contributed by atoms with van der Waals surface area (Å²) in [4.78, 5) is 0. The van der Waals surface area contributed by atoms with E-state index >= 15 is 0 Å². The Morgan fingerprint density at radius 2 is 0.846 bits per heavy atom. The highest BCUT2D eigenvalue weighted by atomic mass is 14.2. The number of hydrogen-bond acceptors (Lipinski definition) is 0. The minimum absolute atomic E-state index is 1.17. The molecule has 4 aromatic carbocycles. The molecule has 4 aromatic rings. The van der Waals surface area contributed by atoms with Gasteiger partial charge in [-0.25, -0.2) is 0 Å². The van der Waals surface area contributed by atoms with E-state index in [1.54, 1.807) is 0 Å². The van der Waals surface area contributed by atoms with E-state index in [-0.39, 0.29) is 0 Å². The summed E-state index contributed by atoms with van der Waals surface area (Å²) < 4.78 is 0. The van der Waals surface area contributed by atoms with Crippen LogP contribution in [0.4, 0.5) is 0 Å². The molecule has 0 spiro atoms. The molecule has 0 atom stereocenters. The fourth-order valence-corrected chi connectivity index (χ4v) is 3.38. The molecular formula is C26H20. The molecule has 0 aromatic heterocycles. The lowest BCUT2D eigenvalue weighted by molar-refractivity contribution is 1.54. The quantitative estimate of drug-likeness (QED) is 0.367. The zero-order valence-electron chi connectivity index (χ0n) is 14.6. The van der Waals surface area contributed by atoms with Crippen LogP contribution in [0.3, 0.4) is 0 Å². The van der Waals surface area contributed by atoms with Gasteiger partial charge in [-0.05, 0) is 51.1 Å². The van der Waals surface area contributed by atoms with Gasteiger partial charge in [-0.3, -0.25) is 0 Å². The highest BCUT2D eigenvalue weighted by Gasteiger charge is 2.12. The van der Waals surface area contributed by atoms with Crippen LogP contribution in [0.25, 0.3) is 39.5 Å². The fourth-order valence-electron chi connectivity index (χ4n) is 3.38. The van der Waals surface area contributed by atoms with Crippen molar-refractivity contribution in [3.05, 3.63) is 115 Å². The Morgan fingerprint density at radius 1 is 0.462 bits per heavy atom. The molecule has 0 N–H and O–H groups in total. The van der Waals surface area contributed by atoms with Crippen LogP contribution < -0.4 is 0 Å². The maximum Gasteiger partial charge on any atom is -0.00992 e. The average Bonchev–Trinajstić information content (AvgIpc) is 2.74. The zero-order valence-corrected chi connectivity index (χ0v) is 14.6. The van der Waals surface area contributed by atoms with E-state index in [1.807, 2.05) is 6.08 Å². The molecule has 0 fully saturated rings. The highest BCUT2D eigenvalue weighted by molar-refractivity contribution is 5.90. The van der Waals surface area contributed by atoms with Crippen LogP contribution in [0.2, 0.25) is 0 Å². The van der Waals surface area contributed by atoms with Gasteiger partial charge < -0.3 is 0 Å². The van der Waals surface area contributed by atoms with Crippen LogP contribution in [0.15, 0.2) is 110 Å². The van der Waals surface area contributed by atoms with E-state index in [0.717, 1.165) is 0 Å². The minimum Gasteiger partial charge on any atom is -0.0984 e. The molecule has 0 saturated carbocycles. The van der Waals surface area contributed by atoms with Crippen molar-refractivity contribution in [1.82, 2.24) is 0 Å². The average molecular weight is 332 g/mol. The van der Waals surface area contributed by atoms with Crippen molar-refractivity contribution >= 4 is 6.08 Å². The van der Waals surface area contributed by atoms with E-state index in [4.69, 9.17) is 0 Å². The van der Waals surface area contributed by atoms with Crippen molar-refractivity contribution in [2.24, 2.45) is 0 Å². The summed E-state index contributed by atoms with van der Waals surface area (Å²) in [5.41, 5.74) is 8.43. The summed E-state index contributed by atoms with van der Waals surface area (Å²) in [5, 5.41) is 0. The first-order valence-corrected chi connectivity index (χ1v) is 8.83. The lowest BCUT2D eigenvalue weighted by Crippen LogP contribution is -1.91. The van der Waals surface area contributed by atoms with Gasteiger partial charge in [0.2, 0.25) is 0 Å². The van der Waals surface area contributed by atoms with Gasteiger partial charge in [0.15, 0.2) is 0 Å². The van der Waals surface area contributed by atoms with Gasteiger partial charge >= 0.3 is 0 Å². The van der Waals surface area contributed by atoms with Crippen molar-refractivity contribution in [2.75, 3.05) is 0 Å². The van der Waals surface area contributed by atoms with Gasteiger partial charge in [-0.1, -0.05) is 104 Å². The standard InChI is InChI=1S/C26H20/c1-2-24-25(21-14-8-4-9-15-21)18-23(20-12-6-3-7-13-20)19-26(24)22-16-10-5-11-17-22/h2-19H,1H2. The van der Waals surface area contributed by atoms with Gasteiger partial charge in [0.1, 0.15) is 0 Å². The predicted octanol–water partition coefficient (Wildman–Crippen LogP) is 7.33. The Kier molecular flexibility index (Phi) is 4.49. The second-order valence-corrected chi connectivity index (χ2v) is 6.29. The Bertz CT molecular complexity index is 953.